The van der Waals surface area contributed by atoms with E-state index < -0.39 is 0 Å². The van der Waals surface area contributed by atoms with E-state index in [2.05, 4.69) is 75.6 Å². The number of aryl methyl sites for hydroxylation is 1. The van der Waals surface area contributed by atoms with Gasteiger partial charge in [-0.3, -0.25) is 11.3 Å². The summed E-state index contributed by atoms with van der Waals surface area (Å²) in [6.45, 7) is 8.74. The molecule has 0 saturated carbocycles. The second-order valence-corrected chi connectivity index (χ2v) is 6.11. The van der Waals surface area contributed by atoms with Crippen molar-refractivity contribution in [1.29, 1.82) is 0 Å². The molecule has 2 nitrogen and oxygen atoms in total. The van der Waals surface area contributed by atoms with Gasteiger partial charge in [0.25, 0.3) is 0 Å². The van der Waals surface area contributed by atoms with E-state index in [9.17, 15) is 0 Å². The Morgan fingerprint density at radius 3 is 2.24 bits per heavy atom. The third kappa shape index (κ3) is 3.72. The zero-order chi connectivity index (χ0) is 15.4. The van der Waals surface area contributed by atoms with Crippen LogP contribution in [0, 0.1) is 13.8 Å². The summed E-state index contributed by atoms with van der Waals surface area (Å²) in [6, 6.07) is 15.4. The lowest BCUT2D eigenvalue weighted by molar-refractivity contribution is 0.549. The molecule has 2 aromatic rings. The zero-order valence-electron chi connectivity index (χ0n) is 13.5. The second-order valence-electron chi connectivity index (χ2n) is 6.11. The molecule has 0 fully saturated rings. The number of hydrogen-bond donors (Lipinski definition) is 2. The van der Waals surface area contributed by atoms with Crippen LogP contribution in [0.25, 0.3) is 0 Å². The first kappa shape index (κ1) is 15.7. The Kier molecular flexibility index (Phi) is 5.16. The molecule has 0 radical (unpaired) electrons. The zero-order valence-corrected chi connectivity index (χ0v) is 13.5. The van der Waals surface area contributed by atoms with E-state index in [1.807, 2.05) is 0 Å². The number of rotatable bonds is 5. The van der Waals surface area contributed by atoms with Crippen LogP contribution in [0.4, 0.5) is 0 Å². The van der Waals surface area contributed by atoms with Gasteiger partial charge in [-0.15, -0.1) is 0 Å². The number of nitrogens with one attached hydrogen (secondary N) is 1. The summed E-state index contributed by atoms with van der Waals surface area (Å²) in [5, 5.41) is 0. The maximum absolute atomic E-state index is 5.80. The van der Waals surface area contributed by atoms with Crippen molar-refractivity contribution in [2.24, 2.45) is 5.84 Å². The molecule has 0 aromatic heterocycles. The van der Waals surface area contributed by atoms with E-state index in [1.54, 1.807) is 0 Å². The van der Waals surface area contributed by atoms with Gasteiger partial charge in [-0.25, -0.2) is 0 Å². The fourth-order valence-electron chi connectivity index (χ4n) is 2.68. The highest BCUT2D eigenvalue weighted by atomic mass is 15.2. The maximum Gasteiger partial charge on any atom is 0.0503 e. The van der Waals surface area contributed by atoms with Gasteiger partial charge in [0.15, 0.2) is 0 Å². The fraction of sp³-hybridized carbons (Fsp3) is 0.368. The highest BCUT2D eigenvalue weighted by molar-refractivity contribution is 5.36. The summed E-state index contributed by atoms with van der Waals surface area (Å²) >= 11 is 0. The molecular weight excluding hydrogens is 256 g/mol. The summed E-state index contributed by atoms with van der Waals surface area (Å²) in [5.41, 5.74) is 9.57. The molecule has 21 heavy (non-hydrogen) atoms. The molecule has 0 heterocycles. The molecule has 0 aliphatic carbocycles. The van der Waals surface area contributed by atoms with Crippen LogP contribution >= 0.6 is 0 Å². The monoisotopic (exact) mass is 282 g/mol. The van der Waals surface area contributed by atoms with Crippen LogP contribution < -0.4 is 11.3 Å². The predicted molar refractivity (Wildman–Crippen MR) is 90.2 cm³/mol. The van der Waals surface area contributed by atoms with Gasteiger partial charge >= 0.3 is 0 Å². The molecule has 2 aromatic carbocycles. The molecule has 112 valence electrons. The second kappa shape index (κ2) is 6.88. The third-order valence-corrected chi connectivity index (χ3v) is 4.31. The lowest BCUT2D eigenvalue weighted by Crippen LogP contribution is -2.30. The van der Waals surface area contributed by atoms with Crippen LogP contribution in [0.2, 0.25) is 0 Å². The van der Waals surface area contributed by atoms with Crippen molar-refractivity contribution in [1.82, 2.24) is 5.43 Å². The van der Waals surface area contributed by atoms with Crippen molar-refractivity contribution in [3.8, 4) is 0 Å². The van der Waals surface area contributed by atoms with E-state index in [1.165, 1.54) is 27.8 Å². The molecule has 3 N–H and O–H groups in total. The summed E-state index contributed by atoms with van der Waals surface area (Å²) in [6.07, 6.45) is 0.902. The van der Waals surface area contributed by atoms with E-state index in [-0.39, 0.29) is 6.04 Å². The molecule has 0 spiro atoms. The van der Waals surface area contributed by atoms with Crippen LogP contribution in [0.15, 0.2) is 42.5 Å². The number of hydrazine groups is 1. The Bertz CT molecular complexity index is 585. The lowest BCUT2D eigenvalue weighted by Gasteiger charge is -2.20. The van der Waals surface area contributed by atoms with Gasteiger partial charge in [0.05, 0.1) is 6.04 Å². The summed E-state index contributed by atoms with van der Waals surface area (Å²) in [4.78, 5) is 0. The first-order valence-corrected chi connectivity index (χ1v) is 7.64. The van der Waals surface area contributed by atoms with Crippen LogP contribution in [0.3, 0.4) is 0 Å². The highest BCUT2D eigenvalue weighted by Gasteiger charge is 2.14. The van der Waals surface area contributed by atoms with E-state index in [0.29, 0.717) is 5.92 Å². The van der Waals surface area contributed by atoms with Crippen molar-refractivity contribution in [2.45, 2.75) is 46.1 Å². The average molecular weight is 282 g/mol. The minimum Gasteiger partial charge on any atom is -0.271 e. The molecule has 2 heteroatoms. The lowest BCUT2D eigenvalue weighted by atomic mass is 9.92. The number of hydrogen-bond acceptors (Lipinski definition) is 2. The largest absolute Gasteiger partial charge is 0.271 e. The van der Waals surface area contributed by atoms with Gasteiger partial charge in [-0.05, 0) is 54.0 Å². The minimum absolute atomic E-state index is 0.148. The van der Waals surface area contributed by atoms with Gasteiger partial charge in [0.1, 0.15) is 0 Å². The van der Waals surface area contributed by atoms with Crippen LogP contribution in [-0.2, 0) is 6.42 Å². The molecule has 2 rings (SSSR count). The van der Waals surface area contributed by atoms with Gasteiger partial charge in [-0.2, -0.15) is 0 Å². The molecule has 0 aliphatic heterocycles. The summed E-state index contributed by atoms with van der Waals surface area (Å²) in [5.74, 6) is 6.37. The van der Waals surface area contributed by atoms with Crippen LogP contribution in [0.5, 0.6) is 0 Å². The average Bonchev–Trinajstić information content (AvgIpc) is 2.48. The molecule has 0 aliphatic rings. The summed E-state index contributed by atoms with van der Waals surface area (Å²) < 4.78 is 0. The van der Waals surface area contributed by atoms with Crippen molar-refractivity contribution in [3.63, 3.8) is 0 Å². The SMILES string of the molecule is Cc1cccc(C(Cc2ccc(C(C)C)cc2)NN)c1C. The topological polar surface area (TPSA) is 38.0 Å². The van der Waals surface area contributed by atoms with Crippen molar-refractivity contribution < 1.29 is 0 Å². The van der Waals surface area contributed by atoms with E-state index in [0.717, 1.165) is 6.42 Å². The first-order chi connectivity index (χ1) is 10.0. The quantitative estimate of drug-likeness (QED) is 0.638. The maximum atomic E-state index is 5.80. The van der Waals surface area contributed by atoms with Crippen LogP contribution in [0.1, 0.15) is 53.6 Å². The Balaban J connectivity index is 2.21. The minimum atomic E-state index is 0.148. The van der Waals surface area contributed by atoms with Gasteiger partial charge in [-0.1, -0.05) is 56.3 Å². The smallest absolute Gasteiger partial charge is 0.0503 e. The number of benzene rings is 2. The molecule has 1 atom stereocenters. The molecular formula is C19H26N2. The Morgan fingerprint density at radius 2 is 1.67 bits per heavy atom. The molecule has 1 unspecified atom stereocenters. The summed E-state index contributed by atoms with van der Waals surface area (Å²) in [7, 11) is 0. The Morgan fingerprint density at radius 1 is 1.00 bits per heavy atom. The van der Waals surface area contributed by atoms with Crippen molar-refractivity contribution in [3.05, 3.63) is 70.3 Å². The van der Waals surface area contributed by atoms with E-state index >= 15 is 0 Å². The van der Waals surface area contributed by atoms with Crippen molar-refractivity contribution >= 4 is 0 Å². The van der Waals surface area contributed by atoms with Gasteiger partial charge in [0, 0.05) is 0 Å². The standard InChI is InChI=1S/C19H26N2/c1-13(2)17-10-8-16(9-11-17)12-19(21-20)18-7-5-6-14(3)15(18)4/h5-11,13,19,21H,12,20H2,1-4H3. The Labute approximate surface area is 128 Å². The van der Waals surface area contributed by atoms with Crippen LogP contribution in [-0.4, -0.2) is 0 Å². The van der Waals surface area contributed by atoms with Gasteiger partial charge in [0.2, 0.25) is 0 Å². The normalized spacial score (nSPS) is 12.7. The Hall–Kier alpha value is -1.64. The molecule has 0 saturated heterocycles. The molecule has 0 bridgehead atoms. The van der Waals surface area contributed by atoms with Crippen molar-refractivity contribution in [2.75, 3.05) is 0 Å². The third-order valence-electron chi connectivity index (χ3n) is 4.31. The highest BCUT2D eigenvalue weighted by Crippen LogP contribution is 2.24. The fourth-order valence-corrected chi connectivity index (χ4v) is 2.68. The van der Waals surface area contributed by atoms with Gasteiger partial charge < -0.3 is 0 Å². The predicted octanol–water partition coefficient (Wildman–Crippen LogP) is 4.17. The number of nitrogens with two attached hydrogens (primary N) is 1. The first-order valence-electron chi connectivity index (χ1n) is 7.64. The molecule has 0 amide bonds. The van der Waals surface area contributed by atoms with E-state index in [4.69, 9.17) is 5.84 Å².